The Morgan fingerprint density at radius 1 is 1.47 bits per heavy atom. The lowest BCUT2D eigenvalue weighted by Gasteiger charge is -2.17. The van der Waals surface area contributed by atoms with E-state index < -0.39 is 6.10 Å². The van der Waals surface area contributed by atoms with Crippen LogP contribution in [-0.4, -0.2) is 42.6 Å². The number of thiophene rings is 1. The maximum atomic E-state index is 9.79. The van der Waals surface area contributed by atoms with Crippen molar-refractivity contribution in [3.63, 3.8) is 0 Å². The van der Waals surface area contributed by atoms with Crippen molar-refractivity contribution in [2.45, 2.75) is 32.0 Å². The van der Waals surface area contributed by atoms with Gasteiger partial charge in [-0.1, -0.05) is 6.07 Å². The molecule has 1 aromatic rings. The van der Waals surface area contributed by atoms with Crippen LogP contribution in [0.1, 0.15) is 24.1 Å². The first-order valence-corrected chi connectivity index (χ1v) is 7.72. The molecule has 2 rings (SSSR count). The van der Waals surface area contributed by atoms with Crippen LogP contribution in [0.4, 0.5) is 0 Å². The van der Waals surface area contributed by atoms with Gasteiger partial charge in [0.25, 0.3) is 0 Å². The van der Waals surface area contributed by atoms with Gasteiger partial charge in [-0.2, -0.15) is 0 Å². The smallest absolute Gasteiger partial charge is 0.0897 e. The van der Waals surface area contributed by atoms with Crippen LogP contribution in [0, 0.1) is 5.41 Å². The quantitative estimate of drug-likeness (QED) is 0.608. The van der Waals surface area contributed by atoms with Gasteiger partial charge >= 0.3 is 0 Å². The van der Waals surface area contributed by atoms with Gasteiger partial charge in [0.2, 0.25) is 0 Å². The molecule has 1 atom stereocenters. The van der Waals surface area contributed by atoms with E-state index in [4.69, 9.17) is 9.84 Å². The average Bonchev–Trinajstić information content (AvgIpc) is 2.95. The predicted molar refractivity (Wildman–Crippen MR) is 76.2 cm³/mol. The fraction of sp³-hybridized carbons (Fsp3) is 0.714. The van der Waals surface area contributed by atoms with Crippen LogP contribution in [0.3, 0.4) is 0 Å². The van der Waals surface area contributed by atoms with Crippen LogP contribution >= 0.6 is 11.3 Å². The lowest BCUT2D eigenvalue weighted by Crippen LogP contribution is -2.34. The van der Waals surface area contributed by atoms with E-state index >= 15 is 0 Å². The molecule has 0 saturated heterocycles. The standard InChI is InChI=1S/C14H23NO3S/c16-6-5-14(3-4-14)11-15-8-12(17)9-18-10-13-2-1-7-19-13/h1-2,7,12,15-17H,3-6,8-11H2. The molecule has 1 aliphatic carbocycles. The number of hydrogen-bond donors (Lipinski definition) is 3. The minimum absolute atomic E-state index is 0.258. The minimum atomic E-state index is -0.468. The van der Waals surface area contributed by atoms with Gasteiger partial charge in [0.05, 0.1) is 19.3 Å². The summed E-state index contributed by atoms with van der Waals surface area (Å²) in [4.78, 5) is 1.18. The van der Waals surface area contributed by atoms with Crippen LogP contribution < -0.4 is 5.32 Å². The molecular formula is C14H23NO3S. The van der Waals surface area contributed by atoms with Gasteiger partial charge in [-0.05, 0) is 36.1 Å². The fourth-order valence-corrected chi connectivity index (χ4v) is 2.82. The second kappa shape index (κ2) is 7.36. The third-order valence-corrected chi connectivity index (χ3v) is 4.46. The lowest BCUT2D eigenvalue weighted by molar-refractivity contribution is 0.0292. The Balaban J connectivity index is 1.51. The van der Waals surface area contributed by atoms with Gasteiger partial charge in [0, 0.05) is 24.6 Å². The highest BCUT2D eigenvalue weighted by molar-refractivity contribution is 7.09. The van der Waals surface area contributed by atoms with E-state index in [0.29, 0.717) is 25.2 Å². The topological polar surface area (TPSA) is 61.7 Å². The first-order valence-electron chi connectivity index (χ1n) is 6.84. The Bertz CT molecular complexity index is 352. The van der Waals surface area contributed by atoms with Crippen molar-refractivity contribution in [3.8, 4) is 0 Å². The van der Waals surface area contributed by atoms with E-state index in [2.05, 4.69) is 5.32 Å². The molecule has 4 nitrogen and oxygen atoms in total. The number of rotatable bonds is 10. The maximum Gasteiger partial charge on any atom is 0.0897 e. The molecule has 1 saturated carbocycles. The maximum absolute atomic E-state index is 9.79. The van der Waals surface area contributed by atoms with Gasteiger partial charge in [-0.3, -0.25) is 0 Å². The minimum Gasteiger partial charge on any atom is -0.396 e. The predicted octanol–water partition coefficient (Wildman–Crippen LogP) is 1.38. The summed E-state index contributed by atoms with van der Waals surface area (Å²) >= 11 is 1.66. The molecule has 3 N–H and O–H groups in total. The van der Waals surface area contributed by atoms with Crippen molar-refractivity contribution in [1.82, 2.24) is 5.32 Å². The second-order valence-electron chi connectivity index (χ2n) is 5.35. The van der Waals surface area contributed by atoms with Crippen molar-refractivity contribution < 1.29 is 14.9 Å². The number of ether oxygens (including phenoxy) is 1. The Morgan fingerprint density at radius 2 is 2.32 bits per heavy atom. The lowest BCUT2D eigenvalue weighted by atomic mass is 10.0. The van der Waals surface area contributed by atoms with E-state index in [1.54, 1.807) is 11.3 Å². The van der Waals surface area contributed by atoms with Crippen LogP contribution in [0.25, 0.3) is 0 Å². The molecule has 0 aliphatic heterocycles. The molecule has 0 bridgehead atoms. The Labute approximate surface area is 118 Å². The number of nitrogens with one attached hydrogen (secondary N) is 1. The summed E-state index contributed by atoms with van der Waals surface area (Å²) in [5, 5.41) is 24.1. The number of aliphatic hydroxyl groups excluding tert-OH is 2. The second-order valence-corrected chi connectivity index (χ2v) is 6.39. The van der Waals surface area contributed by atoms with Gasteiger partial charge in [0.15, 0.2) is 0 Å². The van der Waals surface area contributed by atoms with E-state index in [0.717, 1.165) is 13.0 Å². The highest BCUT2D eigenvalue weighted by Gasteiger charge is 2.41. The SMILES string of the molecule is OCCC1(CNCC(O)COCc2cccs2)CC1. The Morgan fingerprint density at radius 3 is 2.95 bits per heavy atom. The fourth-order valence-electron chi connectivity index (χ4n) is 2.18. The Kier molecular flexibility index (Phi) is 5.78. The van der Waals surface area contributed by atoms with Crippen molar-refractivity contribution in [3.05, 3.63) is 22.4 Å². The van der Waals surface area contributed by atoms with E-state index in [9.17, 15) is 5.11 Å². The van der Waals surface area contributed by atoms with Gasteiger partial charge in [-0.15, -0.1) is 11.3 Å². The molecule has 0 radical (unpaired) electrons. The third-order valence-electron chi connectivity index (χ3n) is 3.61. The van der Waals surface area contributed by atoms with Crippen molar-refractivity contribution in [1.29, 1.82) is 0 Å². The number of hydrogen-bond acceptors (Lipinski definition) is 5. The van der Waals surface area contributed by atoms with Crippen molar-refractivity contribution in [2.75, 3.05) is 26.3 Å². The zero-order valence-corrected chi connectivity index (χ0v) is 12.0. The molecule has 1 fully saturated rings. The average molecular weight is 285 g/mol. The molecule has 1 aromatic heterocycles. The van der Waals surface area contributed by atoms with E-state index in [1.165, 1.54) is 17.7 Å². The molecule has 1 unspecified atom stereocenters. The highest BCUT2D eigenvalue weighted by atomic mass is 32.1. The summed E-state index contributed by atoms with van der Waals surface area (Å²) in [6, 6.07) is 4.03. The van der Waals surface area contributed by atoms with Gasteiger partial charge in [-0.25, -0.2) is 0 Å². The van der Waals surface area contributed by atoms with Gasteiger partial charge < -0.3 is 20.3 Å². The molecule has 0 amide bonds. The molecule has 108 valence electrons. The summed E-state index contributed by atoms with van der Waals surface area (Å²) in [6.07, 6.45) is 2.77. The molecule has 5 heteroatoms. The van der Waals surface area contributed by atoms with Crippen LogP contribution in [0.5, 0.6) is 0 Å². The summed E-state index contributed by atoms with van der Waals surface area (Å²) in [6.45, 7) is 2.63. The third kappa shape index (κ3) is 5.20. The normalized spacial score (nSPS) is 18.4. The molecule has 0 spiro atoms. The summed E-state index contributed by atoms with van der Waals surface area (Å²) in [5.41, 5.74) is 0.298. The summed E-state index contributed by atoms with van der Waals surface area (Å²) < 4.78 is 5.47. The zero-order valence-electron chi connectivity index (χ0n) is 11.2. The first-order chi connectivity index (χ1) is 9.24. The molecule has 1 aliphatic rings. The van der Waals surface area contributed by atoms with E-state index in [1.807, 2.05) is 17.5 Å². The summed E-state index contributed by atoms with van der Waals surface area (Å²) in [5.74, 6) is 0. The van der Waals surface area contributed by atoms with Crippen LogP contribution in [0.15, 0.2) is 17.5 Å². The van der Waals surface area contributed by atoms with Crippen LogP contribution in [0.2, 0.25) is 0 Å². The largest absolute Gasteiger partial charge is 0.396 e. The van der Waals surface area contributed by atoms with Crippen molar-refractivity contribution in [2.24, 2.45) is 5.41 Å². The first kappa shape index (κ1) is 14.9. The highest BCUT2D eigenvalue weighted by Crippen LogP contribution is 2.47. The van der Waals surface area contributed by atoms with Crippen LogP contribution in [-0.2, 0) is 11.3 Å². The van der Waals surface area contributed by atoms with Crippen molar-refractivity contribution >= 4 is 11.3 Å². The monoisotopic (exact) mass is 285 g/mol. The molecular weight excluding hydrogens is 262 g/mol. The molecule has 0 aromatic carbocycles. The summed E-state index contributed by atoms with van der Waals surface area (Å²) in [7, 11) is 0. The molecule has 1 heterocycles. The van der Waals surface area contributed by atoms with Gasteiger partial charge in [0.1, 0.15) is 0 Å². The van der Waals surface area contributed by atoms with E-state index in [-0.39, 0.29) is 6.61 Å². The number of aliphatic hydroxyl groups is 2. The zero-order chi connectivity index (χ0) is 13.6. The molecule has 19 heavy (non-hydrogen) atoms. The Hall–Kier alpha value is -0.460.